The molecule has 0 atom stereocenters. The van der Waals surface area contributed by atoms with Gasteiger partial charge in [-0.3, -0.25) is 4.79 Å². The normalized spacial score (nSPS) is 10.9. The predicted octanol–water partition coefficient (Wildman–Crippen LogP) is 5.09. The topological polar surface area (TPSA) is 73.0 Å². The zero-order chi connectivity index (χ0) is 21.6. The molecule has 0 unspecified atom stereocenters. The highest BCUT2D eigenvalue weighted by Gasteiger charge is 2.16. The summed E-state index contributed by atoms with van der Waals surface area (Å²) < 4.78 is 7.40. The Balaban J connectivity index is 1.48. The molecule has 4 rings (SSSR count). The summed E-state index contributed by atoms with van der Waals surface area (Å²) in [5.74, 6) is 2.08. The van der Waals surface area contributed by atoms with Crippen LogP contribution < -0.4 is 5.32 Å². The molecule has 0 aliphatic rings. The van der Waals surface area contributed by atoms with Gasteiger partial charge in [0, 0.05) is 23.4 Å². The molecule has 31 heavy (non-hydrogen) atoms. The van der Waals surface area contributed by atoms with E-state index in [4.69, 9.17) is 4.42 Å². The van der Waals surface area contributed by atoms with E-state index in [1.165, 1.54) is 5.56 Å². The van der Waals surface area contributed by atoms with Crippen LogP contribution in [0.5, 0.6) is 0 Å². The number of amides is 1. The van der Waals surface area contributed by atoms with E-state index in [1.807, 2.05) is 30.3 Å². The molecule has 0 saturated heterocycles. The highest BCUT2D eigenvalue weighted by molar-refractivity contribution is 7.98. The first-order chi connectivity index (χ1) is 15.2. The Bertz CT molecular complexity index is 1150. The second kappa shape index (κ2) is 9.66. The average molecular weight is 433 g/mol. The maximum atomic E-state index is 12.7. The third-order valence-corrected chi connectivity index (χ3v) is 5.98. The standard InChI is InChI=1S/C24H24N4O2S/c1-3-28-22(18-12-10-17(2)11-13-18)26-27-24(28)31-16-19-7-4-5-9-21(19)23(29)25-15-20-8-6-14-30-20/h4-14H,3,15-16H2,1-2H3,(H,25,29). The van der Waals surface area contributed by atoms with Gasteiger partial charge in [0.05, 0.1) is 12.8 Å². The molecule has 2 aromatic heterocycles. The Labute approximate surface area is 185 Å². The van der Waals surface area contributed by atoms with E-state index >= 15 is 0 Å². The second-order valence-electron chi connectivity index (χ2n) is 7.12. The molecule has 0 saturated carbocycles. The summed E-state index contributed by atoms with van der Waals surface area (Å²) in [6.45, 7) is 5.28. The first kappa shape index (κ1) is 20.9. The number of rotatable bonds is 8. The molecule has 6 nitrogen and oxygen atoms in total. The zero-order valence-electron chi connectivity index (χ0n) is 17.5. The van der Waals surface area contributed by atoms with Crippen LogP contribution in [0.15, 0.2) is 76.5 Å². The number of carbonyl (C=O) groups excluding carboxylic acids is 1. The van der Waals surface area contributed by atoms with Crippen molar-refractivity contribution in [2.75, 3.05) is 0 Å². The molecule has 0 bridgehead atoms. The van der Waals surface area contributed by atoms with Gasteiger partial charge in [-0.1, -0.05) is 59.8 Å². The maximum absolute atomic E-state index is 12.7. The zero-order valence-corrected chi connectivity index (χ0v) is 18.4. The van der Waals surface area contributed by atoms with Crippen molar-refractivity contribution in [3.05, 3.63) is 89.4 Å². The van der Waals surface area contributed by atoms with Gasteiger partial charge in [0.1, 0.15) is 5.76 Å². The minimum absolute atomic E-state index is 0.120. The molecule has 2 aromatic carbocycles. The Morgan fingerprint density at radius 1 is 1.06 bits per heavy atom. The highest BCUT2D eigenvalue weighted by Crippen LogP contribution is 2.27. The smallest absolute Gasteiger partial charge is 0.251 e. The first-order valence-corrected chi connectivity index (χ1v) is 11.2. The van der Waals surface area contributed by atoms with Crippen LogP contribution in [0.25, 0.3) is 11.4 Å². The van der Waals surface area contributed by atoms with Crippen LogP contribution in [-0.2, 0) is 18.8 Å². The summed E-state index contributed by atoms with van der Waals surface area (Å²) in [5.41, 5.74) is 3.86. The minimum atomic E-state index is -0.120. The molecule has 7 heteroatoms. The number of hydrogen-bond acceptors (Lipinski definition) is 5. The number of nitrogens with one attached hydrogen (secondary N) is 1. The number of benzene rings is 2. The number of aryl methyl sites for hydroxylation is 1. The fourth-order valence-electron chi connectivity index (χ4n) is 3.28. The molecule has 0 aliphatic carbocycles. The van der Waals surface area contributed by atoms with E-state index in [0.29, 0.717) is 17.9 Å². The molecule has 158 valence electrons. The summed E-state index contributed by atoms with van der Waals surface area (Å²) >= 11 is 1.58. The lowest BCUT2D eigenvalue weighted by Crippen LogP contribution is -2.23. The van der Waals surface area contributed by atoms with E-state index in [9.17, 15) is 4.79 Å². The van der Waals surface area contributed by atoms with Crippen molar-refractivity contribution in [3.63, 3.8) is 0 Å². The third-order valence-electron chi connectivity index (χ3n) is 4.96. The summed E-state index contributed by atoms with van der Waals surface area (Å²) in [6, 6.07) is 19.6. The molecular weight excluding hydrogens is 408 g/mol. The van der Waals surface area contributed by atoms with Crippen LogP contribution in [0.3, 0.4) is 0 Å². The van der Waals surface area contributed by atoms with Crippen LogP contribution >= 0.6 is 11.8 Å². The van der Waals surface area contributed by atoms with Gasteiger partial charge in [0.15, 0.2) is 11.0 Å². The third kappa shape index (κ3) is 4.88. The summed E-state index contributed by atoms with van der Waals surface area (Å²) in [7, 11) is 0. The quantitative estimate of drug-likeness (QED) is 0.393. The van der Waals surface area contributed by atoms with Gasteiger partial charge in [-0.05, 0) is 37.6 Å². The summed E-state index contributed by atoms with van der Waals surface area (Å²) in [6.07, 6.45) is 1.60. The van der Waals surface area contributed by atoms with Crippen LogP contribution in [0.4, 0.5) is 0 Å². The van der Waals surface area contributed by atoms with Gasteiger partial charge < -0.3 is 14.3 Å². The van der Waals surface area contributed by atoms with E-state index < -0.39 is 0 Å². The lowest BCUT2D eigenvalue weighted by Gasteiger charge is -2.10. The number of hydrogen-bond donors (Lipinski definition) is 1. The second-order valence-corrected chi connectivity index (χ2v) is 8.07. The summed E-state index contributed by atoms with van der Waals surface area (Å²) in [5, 5.41) is 12.6. The van der Waals surface area contributed by atoms with Crippen molar-refractivity contribution < 1.29 is 9.21 Å². The summed E-state index contributed by atoms with van der Waals surface area (Å²) in [4.78, 5) is 12.7. The van der Waals surface area contributed by atoms with Gasteiger partial charge in [-0.15, -0.1) is 10.2 Å². The number of thioether (sulfide) groups is 1. The van der Waals surface area contributed by atoms with Crippen LogP contribution in [0, 0.1) is 6.92 Å². The van der Waals surface area contributed by atoms with Crippen molar-refractivity contribution in [2.24, 2.45) is 0 Å². The van der Waals surface area contributed by atoms with Crippen molar-refractivity contribution >= 4 is 17.7 Å². The maximum Gasteiger partial charge on any atom is 0.251 e. The van der Waals surface area contributed by atoms with E-state index in [2.05, 4.69) is 58.2 Å². The minimum Gasteiger partial charge on any atom is -0.467 e. The van der Waals surface area contributed by atoms with Gasteiger partial charge in [0.2, 0.25) is 0 Å². The molecular formula is C24H24N4O2S. The number of carbonyl (C=O) groups is 1. The first-order valence-electron chi connectivity index (χ1n) is 10.2. The number of aromatic nitrogens is 3. The highest BCUT2D eigenvalue weighted by atomic mass is 32.2. The van der Waals surface area contributed by atoms with Crippen molar-refractivity contribution in [3.8, 4) is 11.4 Å². The van der Waals surface area contributed by atoms with E-state index in [-0.39, 0.29) is 5.91 Å². The van der Waals surface area contributed by atoms with Gasteiger partial charge in [-0.2, -0.15) is 0 Å². The lowest BCUT2D eigenvalue weighted by atomic mass is 10.1. The Kier molecular flexibility index (Phi) is 6.52. The Morgan fingerprint density at radius 2 is 1.87 bits per heavy atom. The van der Waals surface area contributed by atoms with Gasteiger partial charge >= 0.3 is 0 Å². The molecule has 0 fully saturated rings. The molecule has 1 N–H and O–H groups in total. The largest absolute Gasteiger partial charge is 0.467 e. The molecule has 0 spiro atoms. The lowest BCUT2D eigenvalue weighted by molar-refractivity contribution is 0.0947. The molecule has 0 aliphatic heterocycles. The molecule has 2 heterocycles. The molecule has 0 radical (unpaired) electrons. The van der Waals surface area contributed by atoms with Crippen LogP contribution in [0.2, 0.25) is 0 Å². The van der Waals surface area contributed by atoms with Gasteiger partial charge in [0.25, 0.3) is 5.91 Å². The molecule has 1 amide bonds. The van der Waals surface area contributed by atoms with Crippen LogP contribution in [0.1, 0.15) is 34.2 Å². The Morgan fingerprint density at radius 3 is 2.61 bits per heavy atom. The fourth-order valence-corrected chi connectivity index (χ4v) is 4.29. The van der Waals surface area contributed by atoms with Crippen molar-refractivity contribution in [1.82, 2.24) is 20.1 Å². The number of nitrogens with zero attached hydrogens (tertiary/aromatic N) is 3. The van der Waals surface area contributed by atoms with E-state index in [0.717, 1.165) is 34.4 Å². The Hall–Kier alpha value is -3.32. The van der Waals surface area contributed by atoms with Crippen LogP contribution in [-0.4, -0.2) is 20.7 Å². The van der Waals surface area contributed by atoms with Crippen molar-refractivity contribution in [1.29, 1.82) is 0 Å². The fraction of sp³-hybridized carbons (Fsp3) is 0.208. The predicted molar refractivity (Wildman–Crippen MR) is 122 cm³/mol. The van der Waals surface area contributed by atoms with Gasteiger partial charge in [-0.25, -0.2) is 0 Å². The monoisotopic (exact) mass is 432 g/mol. The number of furan rings is 1. The SMILES string of the molecule is CCn1c(SCc2ccccc2C(=O)NCc2ccco2)nnc1-c1ccc(C)cc1. The van der Waals surface area contributed by atoms with Crippen molar-refractivity contribution in [2.45, 2.75) is 37.8 Å². The van der Waals surface area contributed by atoms with E-state index in [1.54, 1.807) is 24.1 Å². The average Bonchev–Trinajstić information content (AvgIpc) is 3.46. The molecule has 4 aromatic rings.